The Morgan fingerprint density at radius 1 is 1.11 bits per heavy atom. The minimum absolute atomic E-state index is 0.0706. The van der Waals surface area contributed by atoms with Crippen LogP contribution < -0.4 is 14.8 Å². The lowest BCUT2D eigenvalue weighted by Crippen LogP contribution is -2.27. The van der Waals surface area contributed by atoms with E-state index in [-0.39, 0.29) is 11.3 Å². The van der Waals surface area contributed by atoms with Crippen molar-refractivity contribution in [1.29, 1.82) is 0 Å². The minimum atomic E-state index is -4.89. The number of pyridine rings is 1. The quantitative estimate of drug-likeness (QED) is 0.720. The number of aromatic nitrogens is 1. The number of ether oxygens (including phenoxy) is 2. The lowest BCUT2D eigenvalue weighted by molar-refractivity contribution is -0.274. The van der Waals surface area contributed by atoms with Crippen LogP contribution in [0.25, 0.3) is 0 Å². The summed E-state index contributed by atoms with van der Waals surface area (Å²) in [6.45, 7) is 0.0865. The van der Waals surface area contributed by atoms with Gasteiger partial charge in [0.1, 0.15) is 11.5 Å². The van der Waals surface area contributed by atoms with Gasteiger partial charge in [-0.2, -0.15) is 13.2 Å². The van der Waals surface area contributed by atoms with Gasteiger partial charge in [0.15, 0.2) is 6.61 Å². The van der Waals surface area contributed by atoms with Gasteiger partial charge in [-0.25, -0.2) is 0 Å². The van der Waals surface area contributed by atoms with Crippen molar-refractivity contribution in [2.24, 2.45) is 0 Å². The van der Waals surface area contributed by atoms with Crippen molar-refractivity contribution in [3.8, 4) is 11.5 Å². The Bertz CT molecular complexity index is 806. The van der Waals surface area contributed by atoms with Crippen LogP contribution in [0.1, 0.15) is 29.0 Å². The predicted octanol–water partition coefficient (Wildman–Crippen LogP) is 4.41. The average Bonchev–Trinajstić information content (AvgIpc) is 2.58. The van der Waals surface area contributed by atoms with Crippen molar-refractivity contribution in [3.05, 3.63) is 53.9 Å². The number of hydrogen-bond donors (Lipinski definition) is 1. The fourth-order valence-corrected chi connectivity index (χ4v) is 2.09. The SMILES string of the molecule is C[C@H](NC(=O)c1cccc(OC(F)(F)F)c1)c1ccc(OCC(F)(F)F)cn1. The van der Waals surface area contributed by atoms with Crippen LogP contribution in [0.3, 0.4) is 0 Å². The summed E-state index contributed by atoms with van der Waals surface area (Å²) in [5, 5.41) is 2.52. The molecular weight excluding hydrogens is 394 g/mol. The number of rotatable bonds is 6. The number of halogens is 6. The highest BCUT2D eigenvalue weighted by molar-refractivity contribution is 5.94. The Labute approximate surface area is 155 Å². The van der Waals surface area contributed by atoms with E-state index in [4.69, 9.17) is 0 Å². The molecule has 2 aromatic rings. The lowest BCUT2D eigenvalue weighted by Gasteiger charge is -2.15. The molecule has 5 nitrogen and oxygen atoms in total. The number of carbonyl (C=O) groups excluding carboxylic acids is 1. The predicted molar refractivity (Wildman–Crippen MR) is 84.8 cm³/mol. The van der Waals surface area contributed by atoms with Crippen LogP contribution in [0.15, 0.2) is 42.6 Å². The first-order valence-corrected chi connectivity index (χ1v) is 7.75. The van der Waals surface area contributed by atoms with Crippen molar-refractivity contribution in [3.63, 3.8) is 0 Å². The third kappa shape index (κ3) is 6.97. The molecule has 1 aromatic heterocycles. The fraction of sp³-hybridized carbons (Fsp3) is 0.294. The van der Waals surface area contributed by atoms with Gasteiger partial charge in [-0.05, 0) is 37.3 Å². The highest BCUT2D eigenvalue weighted by atomic mass is 19.4. The van der Waals surface area contributed by atoms with Crippen LogP contribution in [0.2, 0.25) is 0 Å². The van der Waals surface area contributed by atoms with E-state index in [1.807, 2.05) is 0 Å². The summed E-state index contributed by atoms with van der Waals surface area (Å²) in [7, 11) is 0. The molecule has 0 unspecified atom stereocenters. The molecule has 28 heavy (non-hydrogen) atoms. The topological polar surface area (TPSA) is 60.5 Å². The summed E-state index contributed by atoms with van der Waals surface area (Å²) in [6.07, 6.45) is -8.30. The molecule has 1 amide bonds. The number of nitrogens with one attached hydrogen (secondary N) is 1. The lowest BCUT2D eigenvalue weighted by atomic mass is 10.1. The Balaban J connectivity index is 1.99. The molecule has 152 valence electrons. The van der Waals surface area contributed by atoms with E-state index in [0.29, 0.717) is 5.69 Å². The maximum atomic E-state index is 12.3. The molecule has 2 rings (SSSR count). The van der Waals surface area contributed by atoms with E-state index in [2.05, 4.69) is 19.8 Å². The van der Waals surface area contributed by atoms with Crippen molar-refractivity contribution in [2.75, 3.05) is 6.61 Å². The normalized spacial score (nSPS) is 13.0. The van der Waals surface area contributed by atoms with Gasteiger partial charge >= 0.3 is 12.5 Å². The number of alkyl halides is 6. The standard InChI is InChI=1S/C17H14F6N2O3/c1-10(14-6-5-13(8-24-14)27-9-16(18,19)20)25-15(26)11-3-2-4-12(7-11)28-17(21,22)23/h2-8,10H,9H2,1H3,(H,25,26)/t10-/m0/s1. The van der Waals surface area contributed by atoms with Crippen molar-refractivity contribution >= 4 is 5.91 Å². The van der Waals surface area contributed by atoms with Crippen LogP contribution in [-0.2, 0) is 0 Å². The van der Waals surface area contributed by atoms with E-state index in [0.717, 1.165) is 18.3 Å². The third-order valence-electron chi connectivity index (χ3n) is 3.28. The molecule has 0 aliphatic carbocycles. The highest BCUT2D eigenvalue weighted by Crippen LogP contribution is 2.24. The molecule has 0 radical (unpaired) electrons. The minimum Gasteiger partial charge on any atom is -0.483 e. The van der Waals surface area contributed by atoms with Gasteiger partial charge in [0.2, 0.25) is 0 Å². The zero-order valence-corrected chi connectivity index (χ0v) is 14.3. The van der Waals surface area contributed by atoms with Gasteiger partial charge in [-0.3, -0.25) is 9.78 Å². The van der Waals surface area contributed by atoms with Crippen LogP contribution in [-0.4, -0.2) is 30.0 Å². The molecule has 0 aliphatic heterocycles. The molecule has 0 fully saturated rings. The molecule has 11 heteroatoms. The van der Waals surface area contributed by atoms with E-state index >= 15 is 0 Å². The van der Waals surface area contributed by atoms with Crippen molar-refractivity contribution in [2.45, 2.75) is 25.5 Å². The monoisotopic (exact) mass is 408 g/mol. The molecular formula is C17H14F6N2O3. The Morgan fingerprint density at radius 2 is 1.82 bits per heavy atom. The van der Waals surface area contributed by atoms with Gasteiger partial charge < -0.3 is 14.8 Å². The van der Waals surface area contributed by atoms with Gasteiger partial charge in [0.05, 0.1) is 17.9 Å². The van der Waals surface area contributed by atoms with Crippen LogP contribution >= 0.6 is 0 Å². The molecule has 0 saturated carbocycles. The Kier molecular flexibility index (Phi) is 6.37. The summed E-state index contributed by atoms with van der Waals surface area (Å²) in [6, 6.07) is 6.45. The Hall–Kier alpha value is -2.98. The summed E-state index contributed by atoms with van der Waals surface area (Å²) in [5.74, 6) is -1.33. The van der Waals surface area contributed by atoms with Crippen LogP contribution in [0.4, 0.5) is 26.3 Å². The molecule has 1 aromatic carbocycles. The van der Waals surface area contributed by atoms with Gasteiger partial charge in [-0.1, -0.05) is 6.07 Å². The largest absolute Gasteiger partial charge is 0.573 e. The maximum Gasteiger partial charge on any atom is 0.573 e. The van der Waals surface area contributed by atoms with Gasteiger partial charge in [-0.15, -0.1) is 13.2 Å². The number of nitrogens with zero attached hydrogens (tertiary/aromatic N) is 1. The van der Waals surface area contributed by atoms with Crippen LogP contribution in [0, 0.1) is 0 Å². The summed E-state index contributed by atoms with van der Waals surface area (Å²) >= 11 is 0. The second-order valence-electron chi connectivity index (χ2n) is 5.59. The number of hydrogen-bond acceptors (Lipinski definition) is 4. The number of benzene rings is 1. The molecule has 0 bridgehead atoms. The zero-order chi connectivity index (χ0) is 20.9. The Morgan fingerprint density at radius 3 is 2.39 bits per heavy atom. The van der Waals surface area contributed by atoms with Gasteiger partial charge in [0.25, 0.3) is 5.91 Å². The first-order valence-electron chi connectivity index (χ1n) is 7.75. The first-order chi connectivity index (χ1) is 12.9. The van der Waals surface area contributed by atoms with E-state index < -0.39 is 36.8 Å². The molecule has 1 N–H and O–H groups in total. The summed E-state index contributed by atoms with van der Waals surface area (Å²) < 4.78 is 81.4. The van der Waals surface area contributed by atoms with E-state index in [1.165, 1.54) is 24.3 Å². The number of amides is 1. The van der Waals surface area contributed by atoms with Crippen molar-refractivity contribution in [1.82, 2.24) is 10.3 Å². The second kappa shape index (κ2) is 8.36. The zero-order valence-electron chi connectivity index (χ0n) is 14.3. The summed E-state index contributed by atoms with van der Waals surface area (Å²) in [4.78, 5) is 16.1. The summed E-state index contributed by atoms with van der Waals surface area (Å²) in [5.41, 5.74) is 0.245. The smallest absolute Gasteiger partial charge is 0.483 e. The first kappa shape index (κ1) is 21.3. The van der Waals surface area contributed by atoms with Crippen LogP contribution in [0.5, 0.6) is 11.5 Å². The van der Waals surface area contributed by atoms with Gasteiger partial charge in [0, 0.05) is 5.56 Å². The van der Waals surface area contributed by atoms with E-state index in [9.17, 15) is 31.1 Å². The molecule has 1 atom stereocenters. The molecule has 0 aliphatic rings. The third-order valence-corrected chi connectivity index (χ3v) is 3.28. The second-order valence-corrected chi connectivity index (χ2v) is 5.59. The molecule has 0 saturated heterocycles. The highest BCUT2D eigenvalue weighted by Gasteiger charge is 2.31. The van der Waals surface area contributed by atoms with E-state index in [1.54, 1.807) is 6.92 Å². The average molecular weight is 408 g/mol. The molecule has 0 spiro atoms. The maximum absolute atomic E-state index is 12.3. The molecule has 1 heterocycles. The number of carbonyl (C=O) groups is 1. The fourth-order valence-electron chi connectivity index (χ4n) is 2.09. The van der Waals surface area contributed by atoms with Crippen molar-refractivity contribution < 1.29 is 40.6 Å².